The number of aromatic nitrogens is 4. The lowest BCUT2D eigenvalue weighted by Crippen LogP contribution is -2.44. The van der Waals surface area contributed by atoms with Crippen molar-refractivity contribution < 1.29 is 18.0 Å². The molecule has 0 bridgehead atoms. The molecule has 10 heteroatoms. The summed E-state index contributed by atoms with van der Waals surface area (Å²) in [7, 11) is 0. The van der Waals surface area contributed by atoms with Crippen molar-refractivity contribution >= 4 is 17.4 Å². The minimum Gasteiger partial charge on any atom is -0.355 e. The molecule has 0 spiro atoms. The Labute approximate surface area is 190 Å². The topological polar surface area (TPSA) is 75.4 Å². The van der Waals surface area contributed by atoms with Crippen LogP contribution in [0.4, 0.5) is 19.0 Å². The number of carbonyl (C=O) groups excluding carboxylic acids is 1. The lowest BCUT2D eigenvalue weighted by molar-refractivity contribution is -0.146. The Kier molecular flexibility index (Phi) is 6.02. The Morgan fingerprint density at radius 2 is 1.70 bits per heavy atom. The second kappa shape index (κ2) is 8.64. The fourth-order valence-electron chi connectivity index (χ4n) is 4.20. The van der Waals surface area contributed by atoms with E-state index in [1.807, 2.05) is 35.2 Å². The van der Waals surface area contributed by atoms with Gasteiger partial charge in [-0.3, -0.25) is 4.79 Å². The molecule has 1 aromatic carbocycles. The van der Waals surface area contributed by atoms with Crippen LogP contribution in [0.2, 0.25) is 0 Å². The van der Waals surface area contributed by atoms with E-state index in [2.05, 4.69) is 41.4 Å². The van der Waals surface area contributed by atoms with E-state index in [1.165, 1.54) is 6.07 Å². The fraction of sp³-hybridized carbons (Fsp3) is 0.478. The number of benzene rings is 1. The quantitative estimate of drug-likeness (QED) is 0.630. The second-order valence-corrected chi connectivity index (χ2v) is 9.46. The van der Waals surface area contributed by atoms with Gasteiger partial charge in [0.2, 0.25) is 5.91 Å². The SMILES string of the molecule is CC(C)(C)C(NC(=O)C1CCN(c2ccc3nnc(C(F)(F)F)n3n2)CC1)c1ccccc1. The number of fused-ring (bicyclic) bond motifs is 1. The number of hydrogen-bond donors (Lipinski definition) is 1. The maximum absolute atomic E-state index is 13.2. The highest BCUT2D eigenvalue weighted by Crippen LogP contribution is 2.34. The van der Waals surface area contributed by atoms with Crippen LogP contribution in [0.25, 0.3) is 5.65 Å². The highest BCUT2D eigenvalue weighted by molar-refractivity contribution is 5.79. The monoisotopic (exact) mass is 460 g/mol. The maximum Gasteiger partial charge on any atom is 0.453 e. The zero-order chi connectivity index (χ0) is 23.8. The average molecular weight is 461 g/mol. The molecule has 1 aliphatic heterocycles. The third kappa shape index (κ3) is 4.94. The molecule has 3 heterocycles. The third-order valence-electron chi connectivity index (χ3n) is 5.98. The van der Waals surface area contributed by atoms with E-state index in [-0.39, 0.29) is 28.9 Å². The molecule has 1 amide bonds. The number of piperidine rings is 1. The summed E-state index contributed by atoms with van der Waals surface area (Å²) in [6, 6.07) is 12.9. The Hall–Kier alpha value is -3.17. The number of anilines is 1. The smallest absolute Gasteiger partial charge is 0.355 e. The van der Waals surface area contributed by atoms with Gasteiger partial charge in [-0.15, -0.1) is 15.3 Å². The molecular formula is C23H27F3N6O. The van der Waals surface area contributed by atoms with Gasteiger partial charge in [0.05, 0.1) is 6.04 Å². The van der Waals surface area contributed by atoms with Crippen LogP contribution in [-0.4, -0.2) is 38.8 Å². The van der Waals surface area contributed by atoms with Crippen molar-refractivity contribution in [1.29, 1.82) is 0 Å². The molecule has 1 aliphatic rings. The first-order valence-electron chi connectivity index (χ1n) is 10.9. The summed E-state index contributed by atoms with van der Waals surface area (Å²) in [6.45, 7) is 7.32. The predicted molar refractivity (Wildman–Crippen MR) is 118 cm³/mol. The number of alkyl halides is 3. The Morgan fingerprint density at radius 1 is 1.03 bits per heavy atom. The summed E-state index contributed by atoms with van der Waals surface area (Å²) >= 11 is 0. The summed E-state index contributed by atoms with van der Waals surface area (Å²) in [5.74, 6) is -0.912. The van der Waals surface area contributed by atoms with Gasteiger partial charge >= 0.3 is 6.18 Å². The van der Waals surface area contributed by atoms with Crippen LogP contribution in [0.1, 0.15) is 51.0 Å². The number of amides is 1. The van der Waals surface area contributed by atoms with E-state index >= 15 is 0 Å². The molecule has 3 aromatic rings. The van der Waals surface area contributed by atoms with Gasteiger partial charge in [-0.2, -0.15) is 17.7 Å². The highest BCUT2D eigenvalue weighted by atomic mass is 19.4. The van der Waals surface area contributed by atoms with E-state index in [1.54, 1.807) is 6.07 Å². The maximum atomic E-state index is 13.2. The molecule has 1 N–H and O–H groups in total. The molecule has 33 heavy (non-hydrogen) atoms. The largest absolute Gasteiger partial charge is 0.453 e. The van der Waals surface area contributed by atoms with Crippen molar-refractivity contribution in [2.75, 3.05) is 18.0 Å². The van der Waals surface area contributed by atoms with E-state index in [9.17, 15) is 18.0 Å². The molecular weight excluding hydrogens is 433 g/mol. The van der Waals surface area contributed by atoms with Crippen LogP contribution in [-0.2, 0) is 11.0 Å². The molecule has 0 saturated carbocycles. The third-order valence-corrected chi connectivity index (χ3v) is 5.98. The van der Waals surface area contributed by atoms with Gasteiger partial charge in [-0.1, -0.05) is 51.1 Å². The summed E-state index contributed by atoms with van der Waals surface area (Å²) in [5.41, 5.74) is 0.934. The van der Waals surface area contributed by atoms with Crippen LogP contribution >= 0.6 is 0 Å². The summed E-state index contributed by atoms with van der Waals surface area (Å²) in [6.07, 6.45) is -3.46. The second-order valence-electron chi connectivity index (χ2n) is 9.46. The van der Waals surface area contributed by atoms with Gasteiger partial charge in [-0.05, 0) is 36.0 Å². The van der Waals surface area contributed by atoms with Crippen LogP contribution < -0.4 is 10.2 Å². The first-order chi connectivity index (χ1) is 15.5. The van der Waals surface area contributed by atoms with Crippen molar-refractivity contribution in [2.24, 2.45) is 11.3 Å². The molecule has 2 aromatic heterocycles. The molecule has 1 unspecified atom stereocenters. The first kappa shape index (κ1) is 23.0. The Bertz CT molecular complexity index is 1110. The fourth-order valence-corrected chi connectivity index (χ4v) is 4.20. The number of carbonyl (C=O) groups is 1. The van der Waals surface area contributed by atoms with Crippen LogP contribution in [0, 0.1) is 11.3 Å². The number of nitrogens with zero attached hydrogens (tertiary/aromatic N) is 5. The van der Waals surface area contributed by atoms with Gasteiger partial charge in [0.15, 0.2) is 5.65 Å². The normalized spacial score (nSPS) is 16.7. The molecule has 1 atom stereocenters. The predicted octanol–water partition coefficient (Wildman–Crippen LogP) is 4.26. The molecule has 1 fully saturated rings. The van der Waals surface area contributed by atoms with Crippen molar-refractivity contribution in [2.45, 2.75) is 45.8 Å². The molecule has 7 nitrogen and oxygen atoms in total. The molecule has 0 radical (unpaired) electrons. The number of rotatable bonds is 4. The van der Waals surface area contributed by atoms with Gasteiger partial charge in [0.25, 0.3) is 5.82 Å². The Morgan fingerprint density at radius 3 is 2.30 bits per heavy atom. The van der Waals surface area contributed by atoms with Crippen molar-refractivity contribution in [3.05, 3.63) is 53.9 Å². The van der Waals surface area contributed by atoms with E-state index < -0.39 is 12.0 Å². The van der Waals surface area contributed by atoms with Crippen LogP contribution in [0.5, 0.6) is 0 Å². The average Bonchev–Trinajstić information content (AvgIpc) is 3.21. The molecule has 1 saturated heterocycles. The molecule has 4 rings (SSSR count). The molecule has 0 aliphatic carbocycles. The molecule has 176 valence electrons. The minimum absolute atomic E-state index is 0.00000610. The Balaban J connectivity index is 1.44. The van der Waals surface area contributed by atoms with Gasteiger partial charge in [-0.25, -0.2) is 0 Å². The minimum atomic E-state index is -4.64. The van der Waals surface area contributed by atoms with Crippen LogP contribution in [0.15, 0.2) is 42.5 Å². The number of halogens is 3. The number of nitrogens with one attached hydrogen (secondary N) is 1. The highest BCUT2D eigenvalue weighted by Gasteiger charge is 2.38. The number of hydrogen-bond acceptors (Lipinski definition) is 5. The summed E-state index contributed by atoms with van der Waals surface area (Å²) in [5, 5.41) is 14.1. The zero-order valence-corrected chi connectivity index (χ0v) is 18.8. The standard InChI is InChI=1S/C23H27F3N6O/c1-22(2,3)19(15-7-5-4-6-8-15)27-20(33)16-11-13-31(14-12-16)18-10-9-17-28-29-21(23(24,25)26)32(17)30-18/h4-10,16,19H,11-14H2,1-3H3,(H,27,33). The first-order valence-corrected chi connectivity index (χ1v) is 10.9. The van der Waals surface area contributed by atoms with Crippen LogP contribution in [0.3, 0.4) is 0 Å². The lowest BCUT2D eigenvalue weighted by Gasteiger charge is -2.36. The summed E-state index contributed by atoms with van der Waals surface area (Å²) < 4.78 is 40.2. The van der Waals surface area contributed by atoms with Gasteiger partial charge < -0.3 is 10.2 Å². The lowest BCUT2D eigenvalue weighted by atomic mass is 9.81. The van der Waals surface area contributed by atoms with Gasteiger partial charge in [0.1, 0.15) is 5.82 Å². The summed E-state index contributed by atoms with van der Waals surface area (Å²) in [4.78, 5) is 15.0. The van der Waals surface area contributed by atoms with Gasteiger partial charge in [0, 0.05) is 19.0 Å². The van der Waals surface area contributed by atoms with E-state index in [0.717, 1.165) is 10.1 Å². The van der Waals surface area contributed by atoms with E-state index in [4.69, 9.17) is 0 Å². The van der Waals surface area contributed by atoms with Crippen molar-refractivity contribution in [3.8, 4) is 0 Å². The van der Waals surface area contributed by atoms with E-state index in [0.29, 0.717) is 31.7 Å². The van der Waals surface area contributed by atoms with Crippen molar-refractivity contribution in [3.63, 3.8) is 0 Å². The van der Waals surface area contributed by atoms with Crippen molar-refractivity contribution in [1.82, 2.24) is 25.1 Å². The zero-order valence-electron chi connectivity index (χ0n) is 18.8.